The zero-order valence-electron chi connectivity index (χ0n) is 14.2. The zero-order chi connectivity index (χ0) is 17.3. The van der Waals surface area contributed by atoms with Gasteiger partial charge in [-0.25, -0.2) is 0 Å². The Morgan fingerprint density at radius 1 is 0.880 bits per heavy atom. The Kier molecular flexibility index (Phi) is 4.04. The van der Waals surface area contributed by atoms with Crippen molar-refractivity contribution in [1.29, 1.82) is 0 Å². The minimum absolute atomic E-state index is 0.0645. The van der Waals surface area contributed by atoms with Crippen LogP contribution < -0.4 is 5.32 Å². The fourth-order valence-corrected chi connectivity index (χ4v) is 3.90. The summed E-state index contributed by atoms with van der Waals surface area (Å²) in [7, 11) is 0. The molecule has 0 atom stereocenters. The van der Waals surface area contributed by atoms with E-state index in [4.69, 9.17) is 0 Å². The van der Waals surface area contributed by atoms with E-state index >= 15 is 0 Å². The maximum Gasteiger partial charge on any atom is 0.253 e. The molecule has 1 spiro atoms. The zero-order valence-corrected chi connectivity index (χ0v) is 14.2. The van der Waals surface area contributed by atoms with Crippen molar-refractivity contribution in [3.05, 3.63) is 60.2 Å². The largest absolute Gasteiger partial charge is 0.351 e. The highest BCUT2D eigenvalue weighted by Crippen LogP contribution is 2.32. The van der Waals surface area contributed by atoms with Crippen LogP contribution in [0, 0.1) is 0 Å². The standard InChI is InChI=1S/C21H22N2O2/c24-19-10-11-21(22-19)12-14-23(15-13-21)20(25)18-8-6-17(7-9-18)16-4-2-1-3-5-16/h1-9H,10-15H2,(H,22,24). The van der Waals surface area contributed by atoms with Crippen molar-refractivity contribution in [2.45, 2.75) is 31.2 Å². The lowest BCUT2D eigenvalue weighted by atomic mass is 9.86. The van der Waals surface area contributed by atoms with Crippen molar-refractivity contribution in [2.75, 3.05) is 13.1 Å². The number of piperidine rings is 1. The maximum absolute atomic E-state index is 12.8. The normalized spacial score (nSPS) is 19.0. The summed E-state index contributed by atoms with van der Waals surface area (Å²) in [6.07, 6.45) is 3.23. The van der Waals surface area contributed by atoms with Gasteiger partial charge in [-0.1, -0.05) is 42.5 Å². The third-order valence-electron chi connectivity index (χ3n) is 5.48. The lowest BCUT2D eigenvalue weighted by Gasteiger charge is -2.39. The van der Waals surface area contributed by atoms with Crippen LogP contribution in [0.15, 0.2) is 54.6 Å². The number of carbonyl (C=O) groups excluding carboxylic acids is 2. The number of nitrogens with zero attached hydrogens (tertiary/aromatic N) is 1. The lowest BCUT2D eigenvalue weighted by molar-refractivity contribution is -0.120. The fraction of sp³-hybridized carbons (Fsp3) is 0.333. The number of hydrogen-bond acceptors (Lipinski definition) is 2. The van der Waals surface area contributed by atoms with Gasteiger partial charge < -0.3 is 10.2 Å². The van der Waals surface area contributed by atoms with E-state index in [0.717, 1.165) is 36.0 Å². The quantitative estimate of drug-likeness (QED) is 0.916. The fourth-order valence-electron chi connectivity index (χ4n) is 3.90. The molecule has 2 amide bonds. The summed E-state index contributed by atoms with van der Waals surface area (Å²) >= 11 is 0. The van der Waals surface area contributed by atoms with Crippen molar-refractivity contribution in [2.24, 2.45) is 0 Å². The van der Waals surface area contributed by atoms with Crippen LogP contribution in [0.2, 0.25) is 0 Å². The Labute approximate surface area is 147 Å². The number of benzene rings is 2. The molecule has 2 fully saturated rings. The summed E-state index contributed by atoms with van der Waals surface area (Å²) in [5.41, 5.74) is 2.93. The molecule has 0 aromatic heterocycles. The molecule has 25 heavy (non-hydrogen) atoms. The van der Waals surface area contributed by atoms with Crippen LogP contribution in [0.1, 0.15) is 36.0 Å². The molecule has 0 radical (unpaired) electrons. The number of carbonyl (C=O) groups is 2. The topological polar surface area (TPSA) is 49.4 Å². The van der Waals surface area contributed by atoms with Gasteiger partial charge in [-0.3, -0.25) is 9.59 Å². The molecule has 2 aliphatic rings. The first-order valence-electron chi connectivity index (χ1n) is 8.91. The van der Waals surface area contributed by atoms with E-state index in [1.165, 1.54) is 0 Å². The van der Waals surface area contributed by atoms with Gasteiger partial charge in [0, 0.05) is 30.6 Å². The molecule has 0 saturated carbocycles. The monoisotopic (exact) mass is 334 g/mol. The minimum Gasteiger partial charge on any atom is -0.351 e. The van der Waals surface area contributed by atoms with Crippen molar-refractivity contribution < 1.29 is 9.59 Å². The first-order valence-corrected chi connectivity index (χ1v) is 8.91. The van der Waals surface area contributed by atoms with Crippen LogP contribution in [0.5, 0.6) is 0 Å². The second-order valence-electron chi connectivity index (χ2n) is 7.06. The third-order valence-corrected chi connectivity index (χ3v) is 5.48. The molecule has 0 unspecified atom stereocenters. The van der Waals surface area contributed by atoms with Gasteiger partial charge in [0.05, 0.1) is 0 Å². The molecule has 4 nitrogen and oxygen atoms in total. The van der Waals surface area contributed by atoms with Crippen LogP contribution in [0.3, 0.4) is 0 Å². The lowest BCUT2D eigenvalue weighted by Crippen LogP contribution is -2.52. The van der Waals surface area contributed by atoms with Gasteiger partial charge in [-0.15, -0.1) is 0 Å². The minimum atomic E-state index is -0.0645. The summed E-state index contributed by atoms with van der Waals surface area (Å²) in [4.78, 5) is 26.2. The number of rotatable bonds is 2. The predicted octanol–water partition coefficient (Wildman–Crippen LogP) is 3.24. The molecular weight excluding hydrogens is 312 g/mol. The molecule has 0 aliphatic carbocycles. The highest BCUT2D eigenvalue weighted by Gasteiger charge is 2.41. The molecule has 2 aromatic carbocycles. The molecule has 1 N–H and O–H groups in total. The number of hydrogen-bond donors (Lipinski definition) is 1. The Morgan fingerprint density at radius 2 is 1.52 bits per heavy atom. The highest BCUT2D eigenvalue weighted by atomic mass is 16.2. The molecule has 2 aromatic rings. The van der Waals surface area contributed by atoms with Gasteiger partial charge in [0.25, 0.3) is 5.91 Å². The van der Waals surface area contributed by atoms with Gasteiger partial charge in [-0.05, 0) is 42.5 Å². The van der Waals surface area contributed by atoms with Gasteiger partial charge >= 0.3 is 0 Å². The Morgan fingerprint density at radius 3 is 2.12 bits per heavy atom. The number of likely N-dealkylation sites (tertiary alicyclic amines) is 1. The van der Waals surface area contributed by atoms with E-state index in [2.05, 4.69) is 17.4 Å². The number of nitrogens with one attached hydrogen (secondary N) is 1. The first kappa shape index (κ1) is 15.9. The van der Waals surface area contributed by atoms with E-state index in [0.29, 0.717) is 19.5 Å². The van der Waals surface area contributed by atoms with Crippen LogP contribution >= 0.6 is 0 Å². The molecule has 4 heteroatoms. The van der Waals surface area contributed by atoms with Crippen molar-refractivity contribution in [3.8, 4) is 11.1 Å². The highest BCUT2D eigenvalue weighted by molar-refractivity contribution is 5.94. The molecular formula is C21H22N2O2. The van der Waals surface area contributed by atoms with Crippen LogP contribution in [0.4, 0.5) is 0 Å². The summed E-state index contributed by atoms with van der Waals surface area (Å²) in [5.74, 6) is 0.232. The second kappa shape index (κ2) is 6.36. The Balaban J connectivity index is 1.42. The Bertz CT molecular complexity index is 775. The number of amides is 2. The van der Waals surface area contributed by atoms with E-state index in [1.54, 1.807) is 0 Å². The predicted molar refractivity (Wildman–Crippen MR) is 97.1 cm³/mol. The van der Waals surface area contributed by atoms with Crippen molar-refractivity contribution in [3.63, 3.8) is 0 Å². The second-order valence-corrected chi connectivity index (χ2v) is 7.06. The average Bonchev–Trinajstić information content (AvgIpc) is 3.03. The summed E-state index contributed by atoms with van der Waals surface area (Å²) in [6, 6.07) is 18.0. The summed E-state index contributed by atoms with van der Waals surface area (Å²) in [6.45, 7) is 1.42. The molecule has 2 saturated heterocycles. The van der Waals surface area contributed by atoms with E-state index < -0.39 is 0 Å². The third kappa shape index (κ3) is 3.16. The SMILES string of the molecule is O=C1CCC2(CCN(C(=O)c3ccc(-c4ccccc4)cc3)CC2)N1. The summed E-state index contributed by atoms with van der Waals surface area (Å²) in [5, 5.41) is 3.12. The van der Waals surface area contributed by atoms with E-state index in [9.17, 15) is 9.59 Å². The smallest absolute Gasteiger partial charge is 0.253 e. The molecule has 2 aliphatic heterocycles. The van der Waals surface area contributed by atoms with Crippen LogP contribution in [0.25, 0.3) is 11.1 Å². The van der Waals surface area contributed by atoms with Crippen molar-refractivity contribution >= 4 is 11.8 Å². The van der Waals surface area contributed by atoms with Crippen LogP contribution in [-0.2, 0) is 4.79 Å². The summed E-state index contributed by atoms with van der Waals surface area (Å²) < 4.78 is 0. The van der Waals surface area contributed by atoms with Gasteiger partial charge in [-0.2, -0.15) is 0 Å². The van der Waals surface area contributed by atoms with Crippen LogP contribution in [-0.4, -0.2) is 35.3 Å². The molecule has 4 rings (SSSR count). The Hall–Kier alpha value is -2.62. The average molecular weight is 334 g/mol. The van der Waals surface area contributed by atoms with E-state index in [-0.39, 0.29) is 17.4 Å². The van der Waals surface area contributed by atoms with Gasteiger partial charge in [0.1, 0.15) is 0 Å². The first-order chi connectivity index (χ1) is 12.2. The van der Waals surface area contributed by atoms with E-state index in [1.807, 2.05) is 47.4 Å². The van der Waals surface area contributed by atoms with Crippen molar-refractivity contribution in [1.82, 2.24) is 10.2 Å². The molecule has 0 bridgehead atoms. The maximum atomic E-state index is 12.8. The molecule has 128 valence electrons. The van der Waals surface area contributed by atoms with Gasteiger partial charge in [0.15, 0.2) is 0 Å². The van der Waals surface area contributed by atoms with Gasteiger partial charge in [0.2, 0.25) is 5.91 Å². The molecule has 2 heterocycles.